The molecule has 0 aliphatic heterocycles. The zero-order chi connectivity index (χ0) is 8.15. The van der Waals surface area contributed by atoms with Crippen molar-refractivity contribution in [3.05, 3.63) is 0 Å². The lowest BCUT2D eigenvalue weighted by atomic mass is 10.2. The molecule has 0 rings (SSSR count). The Balaban J connectivity index is 3.88. The van der Waals surface area contributed by atoms with Gasteiger partial charge in [0.2, 0.25) is 5.91 Å². The van der Waals surface area contributed by atoms with Gasteiger partial charge in [0, 0.05) is 6.04 Å². The highest BCUT2D eigenvalue weighted by Crippen LogP contribution is 1.83. The first-order valence-corrected chi connectivity index (χ1v) is 3.09. The molecule has 3 N–H and O–H groups in total. The highest BCUT2D eigenvalue weighted by Gasteiger charge is 2.10. The van der Waals surface area contributed by atoms with Crippen LogP contribution in [0.3, 0.4) is 0 Å². The lowest BCUT2D eigenvalue weighted by Gasteiger charge is -2.11. The minimum atomic E-state index is -0.639. The lowest BCUT2D eigenvalue weighted by molar-refractivity contribution is -0.118. The van der Waals surface area contributed by atoms with Crippen molar-refractivity contribution in [2.75, 3.05) is 0 Å². The van der Waals surface area contributed by atoms with E-state index in [0.29, 0.717) is 0 Å². The number of nitrogens with two attached hydrogens (primary N) is 1. The standard InChI is InChI=1S/C7H12N2O/c1-4-6(7(8)10)9-5(2)3/h1,5-6,9H,2-3H3,(H2,8,10). The highest BCUT2D eigenvalue weighted by molar-refractivity contribution is 5.83. The van der Waals surface area contributed by atoms with E-state index in [0.717, 1.165) is 0 Å². The SMILES string of the molecule is C#CC(NC(C)C)C(N)=O. The van der Waals surface area contributed by atoms with Crippen LogP contribution in [0.15, 0.2) is 0 Å². The summed E-state index contributed by atoms with van der Waals surface area (Å²) in [6.07, 6.45) is 5.01. The molecule has 1 atom stereocenters. The van der Waals surface area contributed by atoms with Crippen LogP contribution in [-0.4, -0.2) is 18.0 Å². The maximum absolute atomic E-state index is 10.5. The number of amides is 1. The second-order valence-electron chi connectivity index (χ2n) is 2.32. The van der Waals surface area contributed by atoms with Crippen LogP contribution in [0.25, 0.3) is 0 Å². The van der Waals surface area contributed by atoms with E-state index >= 15 is 0 Å². The molecule has 0 saturated carbocycles. The molecule has 56 valence electrons. The van der Waals surface area contributed by atoms with Crippen LogP contribution in [0.1, 0.15) is 13.8 Å². The predicted octanol–water partition coefficient (Wildman–Crippen LogP) is -0.528. The number of primary amides is 1. The van der Waals surface area contributed by atoms with Crippen LogP contribution >= 0.6 is 0 Å². The summed E-state index contributed by atoms with van der Waals surface area (Å²) < 4.78 is 0. The lowest BCUT2D eigenvalue weighted by Crippen LogP contribution is -2.43. The topological polar surface area (TPSA) is 55.1 Å². The molecule has 0 aromatic rings. The van der Waals surface area contributed by atoms with Crippen LogP contribution in [0.2, 0.25) is 0 Å². The Hall–Kier alpha value is -1.01. The Morgan fingerprint density at radius 2 is 2.20 bits per heavy atom. The number of nitrogens with one attached hydrogen (secondary N) is 1. The summed E-state index contributed by atoms with van der Waals surface area (Å²) in [5.41, 5.74) is 4.95. The van der Waals surface area contributed by atoms with E-state index in [1.165, 1.54) is 0 Å². The number of rotatable bonds is 3. The predicted molar refractivity (Wildman–Crippen MR) is 40.1 cm³/mol. The molecule has 1 unspecified atom stereocenters. The third-order valence-electron chi connectivity index (χ3n) is 0.951. The summed E-state index contributed by atoms with van der Waals surface area (Å²) in [5, 5.41) is 2.82. The molecular weight excluding hydrogens is 128 g/mol. The monoisotopic (exact) mass is 140 g/mol. The average molecular weight is 140 g/mol. The van der Waals surface area contributed by atoms with Gasteiger partial charge in [-0.15, -0.1) is 6.42 Å². The fraction of sp³-hybridized carbons (Fsp3) is 0.571. The molecule has 1 amide bonds. The molecule has 0 heterocycles. The molecule has 0 aromatic heterocycles. The van der Waals surface area contributed by atoms with Crippen LogP contribution in [0, 0.1) is 12.3 Å². The van der Waals surface area contributed by atoms with Gasteiger partial charge in [0.1, 0.15) is 6.04 Å². The van der Waals surface area contributed by atoms with Gasteiger partial charge >= 0.3 is 0 Å². The molecule has 0 aliphatic carbocycles. The van der Waals surface area contributed by atoms with Gasteiger partial charge in [-0.3, -0.25) is 10.1 Å². The third kappa shape index (κ3) is 3.10. The second-order valence-corrected chi connectivity index (χ2v) is 2.32. The Bertz CT molecular complexity index is 157. The van der Waals surface area contributed by atoms with Gasteiger partial charge in [-0.05, 0) is 13.8 Å². The summed E-state index contributed by atoms with van der Waals surface area (Å²) in [7, 11) is 0. The fourth-order valence-corrected chi connectivity index (χ4v) is 0.546. The van der Waals surface area contributed by atoms with E-state index in [-0.39, 0.29) is 6.04 Å². The number of carbonyl (C=O) groups is 1. The molecule has 0 spiro atoms. The van der Waals surface area contributed by atoms with Gasteiger partial charge in [0.05, 0.1) is 0 Å². The summed E-state index contributed by atoms with van der Waals surface area (Å²) in [4.78, 5) is 10.5. The van der Waals surface area contributed by atoms with Gasteiger partial charge < -0.3 is 5.73 Å². The summed E-state index contributed by atoms with van der Waals surface area (Å²) >= 11 is 0. The van der Waals surface area contributed by atoms with Gasteiger partial charge in [0.15, 0.2) is 0 Å². The van der Waals surface area contributed by atoms with E-state index in [4.69, 9.17) is 12.2 Å². The number of terminal acetylenes is 1. The Kier molecular flexibility index (Phi) is 3.52. The normalized spacial score (nSPS) is 12.6. The largest absolute Gasteiger partial charge is 0.367 e. The van der Waals surface area contributed by atoms with Crippen LogP contribution in [0.5, 0.6) is 0 Å². The van der Waals surface area contributed by atoms with Crippen molar-refractivity contribution in [3.8, 4) is 12.3 Å². The van der Waals surface area contributed by atoms with Crippen LogP contribution in [-0.2, 0) is 4.79 Å². The highest BCUT2D eigenvalue weighted by atomic mass is 16.1. The Morgan fingerprint density at radius 3 is 2.30 bits per heavy atom. The maximum atomic E-state index is 10.5. The van der Waals surface area contributed by atoms with Gasteiger partial charge in [-0.25, -0.2) is 0 Å². The first-order valence-electron chi connectivity index (χ1n) is 3.09. The van der Waals surface area contributed by atoms with Crippen LogP contribution < -0.4 is 11.1 Å². The fourth-order valence-electron chi connectivity index (χ4n) is 0.546. The van der Waals surface area contributed by atoms with Crippen molar-refractivity contribution in [1.29, 1.82) is 0 Å². The number of carbonyl (C=O) groups excluding carboxylic acids is 1. The molecule has 0 saturated heterocycles. The van der Waals surface area contributed by atoms with E-state index in [1.54, 1.807) is 0 Å². The third-order valence-corrected chi connectivity index (χ3v) is 0.951. The zero-order valence-electron chi connectivity index (χ0n) is 6.22. The van der Waals surface area contributed by atoms with Crippen molar-refractivity contribution in [1.82, 2.24) is 5.32 Å². The maximum Gasteiger partial charge on any atom is 0.247 e. The molecule has 0 bridgehead atoms. The van der Waals surface area contributed by atoms with Crippen molar-refractivity contribution in [2.45, 2.75) is 25.9 Å². The van der Waals surface area contributed by atoms with Gasteiger partial charge in [0.25, 0.3) is 0 Å². The van der Waals surface area contributed by atoms with Gasteiger partial charge in [-0.2, -0.15) is 0 Å². The minimum Gasteiger partial charge on any atom is -0.367 e. The molecule has 0 radical (unpaired) electrons. The quantitative estimate of drug-likeness (QED) is 0.518. The molecule has 0 fully saturated rings. The van der Waals surface area contributed by atoms with Crippen molar-refractivity contribution >= 4 is 5.91 Å². The second kappa shape index (κ2) is 3.91. The molecule has 3 heteroatoms. The summed E-state index contributed by atoms with van der Waals surface area (Å²) in [6, 6.07) is -0.464. The van der Waals surface area contributed by atoms with Crippen LogP contribution in [0.4, 0.5) is 0 Å². The molecule has 0 aliphatic rings. The summed E-state index contributed by atoms with van der Waals surface area (Å²) in [5.74, 6) is 1.74. The molecule has 10 heavy (non-hydrogen) atoms. The minimum absolute atomic E-state index is 0.175. The zero-order valence-corrected chi connectivity index (χ0v) is 6.22. The number of hydrogen-bond donors (Lipinski definition) is 2. The van der Waals surface area contributed by atoms with E-state index in [2.05, 4.69) is 11.2 Å². The summed E-state index contributed by atoms with van der Waals surface area (Å²) in [6.45, 7) is 3.79. The van der Waals surface area contributed by atoms with Crippen molar-refractivity contribution in [3.63, 3.8) is 0 Å². The average Bonchev–Trinajstić information content (AvgIpc) is 1.81. The first kappa shape index (κ1) is 8.99. The first-order chi connectivity index (χ1) is 4.57. The van der Waals surface area contributed by atoms with Crippen molar-refractivity contribution in [2.24, 2.45) is 5.73 Å². The smallest absolute Gasteiger partial charge is 0.247 e. The molecule has 0 aromatic carbocycles. The molecule has 3 nitrogen and oxygen atoms in total. The Morgan fingerprint density at radius 1 is 1.70 bits per heavy atom. The molecular formula is C7H12N2O. The number of hydrogen-bond acceptors (Lipinski definition) is 2. The van der Waals surface area contributed by atoms with Gasteiger partial charge in [-0.1, -0.05) is 5.92 Å². The van der Waals surface area contributed by atoms with E-state index in [9.17, 15) is 4.79 Å². The Labute approximate surface area is 61.0 Å². The van der Waals surface area contributed by atoms with E-state index in [1.807, 2.05) is 13.8 Å². The van der Waals surface area contributed by atoms with Crippen molar-refractivity contribution < 1.29 is 4.79 Å². The van der Waals surface area contributed by atoms with E-state index < -0.39 is 11.9 Å².